The van der Waals surface area contributed by atoms with Crippen molar-refractivity contribution in [3.63, 3.8) is 0 Å². The monoisotopic (exact) mass is 494 g/mol. The molecule has 2 N–H and O–H groups in total. The molecule has 1 saturated heterocycles. The van der Waals surface area contributed by atoms with Crippen molar-refractivity contribution in [3.05, 3.63) is 72.2 Å². The zero-order valence-corrected chi connectivity index (χ0v) is 20.9. The van der Waals surface area contributed by atoms with Crippen molar-refractivity contribution >= 4 is 27.6 Å². The van der Waals surface area contributed by atoms with E-state index in [1.165, 1.54) is 6.07 Å². The standard InChI is InChI=1S/C25H30N6O3S/c1-18-13-17-31(25(18,2)3)23-20(9-7-15-28-23)24(32)30-35(33,34)22-11-6-10-21(29-22)27-16-12-19-8-4-5-14-26-19/h4-11,14-15,18H,12-13,16-17H2,1-3H3,(H,27,29)(H,30,32). The number of pyridine rings is 3. The predicted octanol–water partition coefficient (Wildman–Crippen LogP) is 3.27. The Bertz CT molecular complexity index is 1300. The van der Waals surface area contributed by atoms with Crippen molar-refractivity contribution < 1.29 is 13.2 Å². The van der Waals surface area contributed by atoms with Crippen LogP contribution in [0, 0.1) is 5.92 Å². The number of hydrogen-bond acceptors (Lipinski definition) is 8. The van der Waals surface area contributed by atoms with E-state index in [9.17, 15) is 13.2 Å². The number of nitrogens with zero attached hydrogens (tertiary/aromatic N) is 4. The molecular weight excluding hydrogens is 464 g/mol. The molecule has 0 aromatic carbocycles. The van der Waals surface area contributed by atoms with Crippen molar-refractivity contribution in [2.75, 3.05) is 23.3 Å². The lowest BCUT2D eigenvalue weighted by Gasteiger charge is -2.36. The Labute approximate surface area is 206 Å². The van der Waals surface area contributed by atoms with Gasteiger partial charge in [-0.25, -0.2) is 14.7 Å². The fraction of sp³-hybridized carbons (Fsp3) is 0.360. The van der Waals surface area contributed by atoms with Crippen molar-refractivity contribution in [3.8, 4) is 0 Å². The smallest absolute Gasteiger partial charge is 0.281 e. The van der Waals surface area contributed by atoms with E-state index >= 15 is 0 Å². The minimum atomic E-state index is -4.20. The van der Waals surface area contributed by atoms with Crippen LogP contribution in [-0.2, 0) is 16.4 Å². The number of amides is 1. The summed E-state index contributed by atoms with van der Waals surface area (Å²) >= 11 is 0. The van der Waals surface area contributed by atoms with Crippen molar-refractivity contribution in [2.45, 2.75) is 44.2 Å². The van der Waals surface area contributed by atoms with Gasteiger partial charge in [0.1, 0.15) is 11.6 Å². The van der Waals surface area contributed by atoms with Gasteiger partial charge in [0.2, 0.25) is 0 Å². The average molecular weight is 495 g/mol. The maximum Gasteiger partial charge on any atom is 0.281 e. The first kappa shape index (κ1) is 24.6. The maximum atomic E-state index is 13.1. The van der Waals surface area contributed by atoms with Crippen LogP contribution in [0.5, 0.6) is 0 Å². The van der Waals surface area contributed by atoms with Crippen molar-refractivity contribution in [1.29, 1.82) is 0 Å². The van der Waals surface area contributed by atoms with Gasteiger partial charge in [0.05, 0.1) is 5.56 Å². The van der Waals surface area contributed by atoms with Gasteiger partial charge in [0.25, 0.3) is 15.9 Å². The maximum absolute atomic E-state index is 13.1. The van der Waals surface area contributed by atoms with E-state index in [0.29, 0.717) is 30.5 Å². The molecule has 0 bridgehead atoms. The molecule has 1 aliphatic heterocycles. The van der Waals surface area contributed by atoms with Crippen LogP contribution in [0.4, 0.5) is 11.6 Å². The molecule has 1 fully saturated rings. The first-order valence-electron chi connectivity index (χ1n) is 11.6. The number of hydrogen-bond donors (Lipinski definition) is 2. The molecule has 4 heterocycles. The SMILES string of the molecule is CC1CCN(c2ncccc2C(=O)NS(=O)(=O)c2cccc(NCCc3ccccn3)n2)C1(C)C. The predicted molar refractivity (Wildman–Crippen MR) is 135 cm³/mol. The van der Waals surface area contributed by atoms with Crippen LogP contribution in [0.15, 0.2) is 66.0 Å². The average Bonchev–Trinajstić information content (AvgIpc) is 3.11. The highest BCUT2D eigenvalue weighted by Gasteiger charge is 2.40. The molecule has 1 atom stereocenters. The molecule has 1 unspecified atom stereocenters. The van der Waals surface area contributed by atoms with Crippen molar-refractivity contribution in [1.82, 2.24) is 19.7 Å². The molecule has 3 aromatic heterocycles. The quantitative estimate of drug-likeness (QED) is 0.490. The van der Waals surface area contributed by atoms with Gasteiger partial charge in [-0.05, 0) is 62.6 Å². The van der Waals surface area contributed by atoms with Gasteiger partial charge in [0, 0.05) is 43.1 Å². The fourth-order valence-corrected chi connectivity index (χ4v) is 5.09. The summed E-state index contributed by atoms with van der Waals surface area (Å²) in [5.41, 5.74) is 0.917. The number of carbonyl (C=O) groups is 1. The third kappa shape index (κ3) is 5.43. The van der Waals surface area contributed by atoms with Gasteiger partial charge in [0.15, 0.2) is 5.03 Å². The summed E-state index contributed by atoms with van der Waals surface area (Å²) in [4.78, 5) is 28.1. The first-order chi connectivity index (χ1) is 16.7. The van der Waals surface area contributed by atoms with Gasteiger partial charge < -0.3 is 10.2 Å². The second-order valence-electron chi connectivity index (χ2n) is 9.16. The summed E-state index contributed by atoms with van der Waals surface area (Å²) in [6, 6.07) is 13.5. The van der Waals surface area contributed by atoms with Gasteiger partial charge in [-0.1, -0.05) is 19.1 Å². The lowest BCUT2D eigenvalue weighted by atomic mass is 9.90. The molecule has 3 aromatic rings. The zero-order valence-electron chi connectivity index (χ0n) is 20.1. The molecule has 35 heavy (non-hydrogen) atoms. The highest BCUT2D eigenvalue weighted by atomic mass is 32.2. The van der Waals surface area contributed by atoms with Crippen LogP contribution >= 0.6 is 0 Å². The minimum absolute atomic E-state index is 0.209. The number of carbonyl (C=O) groups excluding carboxylic acids is 1. The Hall–Kier alpha value is -3.53. The molecule has 0 radical (unpaired) electrons. The van der Waals surface area contributed by atoms with Gasteiger partial charge >= 0.3 is 0 Å². The van der Waals surface area contributed by atoms with Crippen molar-refractivity contribution in [2.24, 2.45) is 5.92 Å². The first-order valence-corrected chi connectivity index (χ1v) is 13.1. The van der Waals surface area contributed by atoms with E-state index in [4.69, 9.17) is 0 Å². The summed E-state index contributed by atoms with van der Waals surface area (Å²) in [6.45, 7) is 7.65. The molecule has 0 spiro atoms. The van der Waals surface area contributed by atoms with E-state index < -0.39 is 15.9 Å². The lowest BCUT2D eigenvalue weighted by molar-refractivity contribution is 0.0981. The molecule has 4 rings (SSSR count). The summed E-state index contributed by atoms with van der Waals surface area (Å²) in [7, 11) is -4.20. The van der Waals surface area contributed by atoms with Crippen LogP contribution in [0.2, 0.25) is 0 Å². The Morgan fingerprint density at radius 1 is 1.09 bits per heavy atom. The van der Waals surface area contributed by atoms with Crippen LogP contribution in [-0.4, -0.2) is 47.9 Å². The van der Waals surface area contributed by atoms with E-state index in [1.807, 2.05) is 18.2 Å². The number of sulfonamides is 1. The Balaban J connectivity index is 1.48. The number of anilines is 2. The number of nitrogens with one attached hydrogen (secondary N) is 2. The van der Waals surface area contributed by atoms with Gasteiger partial charge in [-0.15, -0.1) is 0 Å². The molecular formula is C25H30N6O3S. The van der Waals surface area contributed by atoms with Crippen LogP contribution in [0.1, 0.15) is 43.2 Å². The van der Waals surface area contributed by atoms with Gasteiger partial charge in [-0.3, -0.25) is 9.78 Å². The summed E-state index contributed by atoms with van der Waals surface area (Å²) in [5, 5.41) is 2.86. The fourth-order valence-electron chi connectivity index (χ4n) is 4.16. The third-order valence-electron chi connectivity index (χ3n) is 6.61. The topological polar surface area (TPSA) is 117 Å². The van der Waals surface area contributed by atoms with E-state index in [-0.39, 0.29) is 16.1 Å². The molecule has 0 aliphatic carbocycles. The molecule has 1 aliphatic rings. The number of aromatic nitrogens is 3. The Morgan fingerprint density at radius 2 is 1.89 bits per heavy atom. The molecule has 10 heteroatoms. The van der Waals surface area contributed by atoms with E-state index in [0.717, 1.165) is 18.7 Å². The van der Waals surface area contributed by atoms with Crippen LogP contribution < -0.4 is 14.9 Å². The third-order valence-corrected chi connectivity index (χ3v) is 7.85. The summed E-state index contributed by atoms with van der Waals surface area (Å²) in [6.07, 6.45) is 4.96. The highest BCUT2D eigenvalue weighted by molar-refractivity contribution is 7.90. The largest absolute Gasteiger partial charge is 0.370 e. The normalized spacial score (nSPS) is 17.2. The van der Waals surface area contributed by atoms with E-state index in [2.05, 4.69) is 50.7 Å². The summed E-state index contributed by atoms with van der Waals surface area (Å²) in [5.74, 6) is 0.540. The summed E-state index contributed by atoms with van der Waals surface area (Å²) < 4.78 is 28.2. The zero-order chi connectivity index (χ0) is 25.1. The number of rotatable bonds is 8. The second kappa shape index (κ2) is 9.99. The lowest BCUT2D eigenvalue weighted by Crippen LogP contribution is -2.43. The highest BCUT2D eigenvalue weighted by Crippen LogP contribution is 2.38. The molecule has 0 saturated carbocycles. The Morgan fingerprint density at radius 3 is 2.60 bits per heavy atom. The van der Waals surface area contributed by atoms with Crippen LogP contribution in [0.3, 0.4) is 0 Å². The molecule has 9 nitrogen and oxygen atoms in total. The Kier molecular flexibility index (Phi) is 7.02. The molecule has 184 valence electrons. The molecule has 1 amide bonds. The second-order valence-corrected chi connectivity index (χ2v) is 10.8. The van der Waals surface area contributed by atoms with E-state index in [1.54, 1.807) is 36.7 Å². The van der Waals surface area contributed by atoms with Crippen LogP contribution in [0.25, 0.3) is 0 Å². The minimum Gasteiger partial charge on any atom is -0.370 e. The van der Waals surface area contributed by atoms with Gasteiger partial charge in [-0.2, -0.15) is 8.42 Å².